The average Bonchev–Trinajstić information content (AvgIpc) is 3.04. The molecule has 2 heterocycles. The van der Waals surface area contributed by atoms with Crippen molar-refractivity contribution in [1.82, 2.24) is 25.0 Å². The van der Waals surface area contributed by atoms with Gasteiger partial charge in [-0.15, -0.1) is 0 Å². The van der Waals surface area contributed by atoms with Crippen molar-refractivity contribution in [3.8, 4) is 0 Å². The summed E-state index contributed by atoms with van der Waals surface area (Å²) in [5.74, 6) is -3.51. The molecule has 0 saturated carbocycles. The number of carboxylic acid groups (broad SMARTS) is 3. The number of rotatable bonds is 25. The SMILES string of the molecule is CCCCCCCCCCCCCCCCCCNC(=O)CC(C(=O)O)N1CCN(CC(=O)O)Cc2cccc(n2)CN(CC(=O)O)CC1.[Gd+3]. The van der Waals surface area contributed by atoms with Crippen LogP contribution in [-0.4, -0.2) is 111 Å². The molecule has 1 unspecified atom stereocenters. The summed E-state index contributed by atoms with van der Waals surface area (Å²) in [5, 5.41) is 32.0. The van der Waals surface area contributed by atoms with Crippen LogP contribution in [0.25, 0.3) is 0 Å². The summed E-state index contributed by atoms with van der Waals surface area (Å²) in [6, 6.07) is 4.25. The van der Waals surface area contributed by atoms with Crippen molar-refractivity contribution < 1.29 is 74.4 Å². The molecule has 0 spiro atoms. The van der Waals surface area contributed by atoms with Gasteiger partial charge in [0, 0.05) is 45.8 Å². The molecule has 1 aliphatic heterocycles. The molecule has 2 bridgehead atoms. The summed E-state index contributed by atoms with van der Waals surface area (Å²) in [7, 11) is 0. The van der Waals surface area contributed by atoms with Gasteiger partial charge in [0.15, 0.2) is 0 Å². The molecular weight excluding hydrogens is 784 g/mol. The molecule has 1 atom stereocenters. The first-order chi connectivity index (χ1) is 23.7. The van der Waals surface area contributed by atoms with E-state index in [2.05, 4.69) is 17.2 Å². The number of hydrogen-bond acceptors (Lipinski definition) is 8. The summed E-state index contributed by atoms with van der Waals surface area (Å²) >= 11 is 0. The Morgan fingerprint density at radius 1 is 0.680 bits per heavy atom. The summed E-state index contributed by atoms with van der Waals surface area (Å²) in [4.78, 5) is 58.1. The van der Waals surface area contributed by atoms with Gasteiger partial charge in [-0.2, -0.15) is 0 Å². The zero-order valence-electron chi connectivity index (χ0n) is 30.3. The molecule has 0 aliphatic carbocycles. The minimum Gasteiger partial charge on any atom is -0.480 e. The maximum atomic E-state index is 12.9. The molecule has 0 aromatic carbocycles. The average molecular weight is 847 g/mol. The van der Waals surface area contributed by atoms with Crippen LogP contribution in [0, 0.1) is 39.9 Å². The topological polar surface area (TPSA) is 164 Å². The van der Waals surface area contributed by atoms with E-state index in [0.717, 1.165) is 19.3 Å². The largest absolute Gasteiger partial charge is 3.00 e. The van der Waals surface area contributed by atoms with Crippen LogP contribution < -0.4 is 5.32 Å². The van der Waals surface area contributed by atoms with Gasteiger partial charge in [-0.3, -0.25) is 38.9 Å². The monoisotopic (exact) mass is 847 g/mol. The maximum absolute atomic E-state index is 12.9. The van der Waals surface area contributed by atoms with Crippen molar-refractivity contribution in [2.24, 2.45) is 0 Å². The third kappa shape index (κ3) is 22.2. The maximum Gasteiger partial charge on any atom is 3.00 e. The Kier molecular flexibility index (Phi) is 26.6. The molecule has 0 saturated heterocycles. The third-order valence-corrected chi connectivity index (χ3v) is 9.22. The summed E-state index contributed by atoms with van der Waals surface area (Å²) in [5.41, 5.74) is 1.29. The van der Waals surface area contributed by atoms with Gasteiger partial charge < -0.3 is 20.6 Å². The standard InChI is InChI=1S/C37H63N5O7.Gd/c1-2-3-4-5-6-7-8-9-10-11-12-13-14-15-16-17-21-38-34(43)26-33(37(48)49)42-24-22-40(29-35(44)45)27-31-19-18-20-32(39-31)28-41(23-25-42)30-36(46)47;/h18-20,33H,2-17,21-30H2,1H3,(H,38,43)(H,44,45)(H,46,47)(H,48,49);/q;+3. The predicted octanol–water partition coefficient (Wildman–Crippen LogP) is 5.39. The van der Waals surface area contributed by atoms with Gasteiger partial charge in [-0.05, 0) is 18.6 Å². The van der Waals surface area contributed by atoms with Gasteiger partial charge in [0.05, 0.1) is 30.9 Å². The zero-order valence-corrected chi connectivity index (χ0v) is 32.6. The number of nitrogens with zero attached hydrogens (tertiary/aromatic N) is 4. The van der Waals surface area contributed by atoms with Gasteiger partial charge in [-0.25, -0.2) is 0 Å². The number of amides is 1. The van der Waals surface area contributed by atoms with Crippen LogP contribution in [0.4, 0.5) is 0 Å². The van der Waals surface area contributed by atoms with Crippen molar-refractivity contribution in [1.29, 1.82) is 0 Å². The number of fused-ring (bicyclic) bond motifs is 2. The number of hydrogen-bond donors (Lipinski definition) is 4. The van der Waals surface area contributed by atoms with E-state index >= 15 is 0 Å². The van der Waals surface area contributed by atoms with Gasteiger partial charge in [-0.1, -0.05) is 109 Å². The van der Waals surface area contributed by atoms with Gasteiger partial charge in [0.2, 0.25) is 5.91 Å². The molecule has 283 valence electrons. The normalized spacial score (nSPS) is 15.3. The number of pyridine rings is 1. The first-order valence-electron chi connectivity index (χ1n) is 18.7. The minimum absolute atomic E-state index is 0. The number of carboxylic acids is 3. The van der Waals surface area contributed by atoms with Crippen molar-refractivity contribution in [2.45, 2.75) is 135 Å². The molecule has 0 fully saturated rings. The molecule has 4 N–H and O–H groups in total. The van der Waals surface area contributed by atoms with E-state index in [1.165, 1.54) is 83.5 Å². The number of unbranched alkanes of at least 4 members (excludes halogenated alkanes) is 15. The fraction of sp³-hybridized carbons (Fsp3) is 0.757. The molecule has 1 aromatic heterocycles. The number of aromatic nitrogens is 1. The van der Waals surface area contributed by atoms with E-state index in [1.807, 2.05) is 6.07 Å². The van der Waals surface area contributed by atoms with E-state index in [-0.39, 0.29) is 105 Å². The molecule has 50 heavy (non-hydrogen) atoms. The van der Waals surface area contributed by atoms with Crippen LogP contribution in [0.5, 0.6) is 0 Å². The van der Waals surface area contributed by atoms with E-state index in [4.69, 9.17) is 0 Å². The quantitative estimate of drug-likeness (QED) is 0.0934. The van der Waals surface area contributed by atoms with Crippen LogP contribution in [0.15, 0.2) is 18.2 Å². The smallest absolute Gasteiger partial charge is 0.480 e. The first kappa shape index (κ1) is 46.3. The zero-order chi connectivity index (χ0) is 35.7. The second-order valence-corrected chi connectivity index (χ2v) is 13.6. The molecule has 1 aromatic rings. The summed E-state index contributed by atoms with van der Waals surface area (Å²) in [6.07, 6.45) is 20.0. The van der Waals surface area contributed by atoms with Crippen LogP contribution in [0.2, 0.25) is 0 Å². The Labute approximate surface area is 331 Å². The number of nitrogens with one attached hydrogen (secondary N) is 1. The van der Waals surface area contributed by atoms with Crippen LogP contribution in [0.1, 0.15) is 127 Å². The van der Waals surface area contributed by atoms with Crippen molar-refractivity contribution in [3.05, 3.63) is 29.6 Å². The second-order valence-electron chi connectivity index (χ2n) is 13.6. The number of aliphatic carboxylic acids is 3. The van der Waals surface area contributed by atoms with Gasteiger partial charge in [0.1, 0.15) is 6.04 Å². The fourth-order valence-corrected chi connectivity index (χ4v) is 6.46. The van der Waals surface area contributed by atoms with Gasteiger partial charge >= 0.3 is 57.8 Å². The van der Waals surface area contributed by atoms with Crippen LogP contribution in [-0.2, 0) is 32.3 Å². The Morgan fingerprint density at radius 2 is 1.10 bits per heavy atom. The molecule has 1 radical (unpaired) electrons. The minimum atomic E-state index is -1.15. The van der Waals surface area contributed by atoms with Crippen molar-refractivity contribution >= 4 is 23.8 Å². The predicted molar refractivity (Wildman–Crippen MR) is 190 cm³/mol. The molecule has 2 rings (SSSR count). The molecule has 1 aliphatic rings. The van der Waals surface area contributed by atoms with Gasteiger partial charge in [0.25, 0.3) is 0 Å². The fourth-order valence-electron chi connectivity index (χ4n) is 6.46. The molecule has 13 heteroatoms. The molecule has 1 amide bonds. The Bertz CT molecular complexity index is 1070. The van der Waals surface area contributed by atoms with Crippen LogP contribution in [0.3, 0.4) is 0 Å². The van der Waals surface area contributed by atoms with Crippen LogP contribution >= 0.6 is 0 Å². The Morgan fingerprint density at radius 3 is 1.50 bits per heavy atom. The van der Waals surface area contributed by atoms with E-state index < -0.39 is 23.9 Å². The summed E-state index contributed by atoms with van der Waals surface area (Å²) < 4.78 is 0. The first-order valence-corrected chi connectivity index (χ1v) is 18.7. The Balaban J connectivity index is 0.0000125. The van der Waals surface area contributed by atoms with Crippen molar-refractivity contribution in [2.75, 3.05) is 45.8 Å². The molecule has 12 nitrogen and oxygen atoms in total. The van der Waals surface area contributed by atoms with Crippen molar-refractivity contribution in [3.63, 3.8) is 0 Å². The summed E-state index contributed by atoms with van der Waals surface area (Å²) in [6.45, 7) is 3.59. The van der Waals surface area contributed by atoms with E-state index in [1.54, 1.807) is 26.8 Å². The van der Waals surface area contributed by atoms with E-state index in [0.29, 0.717) is 17.9 Å². The number of carbonyl (C=O) groups is 4. The van der Waals surface area contributed by atoms with E-state index in [9.17, 15) is 34.5 Å². The number of carbonyl (C=O) groups excluding carboxylic acids is 1. The third-order valence-electron chi connectivity index (χ3n) is 9.22. The molecular formula is C37H63GdN5O7+3. The second kappa shape index (κ2) is 28.8. The Hall–Kier alpha value is -1.77.